The molecule has 2 rings (SSSR count). The third-order valence-electron chi connectivity index (χ3n) is 3.48. The van der Waals surface area contributed by atoms with Crippen molar-refractivity contribution in [2.45, 2.75) is 39.3 Å². The van der Waals surface area contributed by atoms with Gasteiger partial charge in [-0.25, -0.2) is 4.98 Å². The van der Waals surface area contributed by atoms with Crippen LogP contribution in [0.4, 0.5) is 5.82 Å². The molecule has 1 unspecified atom stereocenters. The van der Waals surface area contributed by atoms with Crippen molar-refractivity contribution in [3.05, 3.63) is 22.8 Å². The van der Waals surface area contributed by atoms with Gasteiger partial charge in [0.2, 0.25) is 0 Å². The molecule has 1 aromatic rings. The van der Waals surface area contributed by atoms with E-state index in [1.807, 2.05) is 6.07 Å². The van der Waals surface area contributed by atoms with Crippen LogP contribution in [0.15, 0.2) is 12.1 Å². The van der Waals surface area contributed by atoms with Crippen molar-refractivity contribution in [2.75, 3.05) is 12.3 Å². The van der Waals surface area contributed by atoms with Crippen molar-refractivity contribution < 1.29 is 0 Å². The molecule has 0 aliphatic carbocycles. The van der Waals surface area contributed by atoms with E-state index < -0.39 is 0 Å². The Hall–Kier alpha value is -0.800. The molecule has 0 saturated carbocycles. The van der Waals surface area contributed by atoms with Crippen LogP contribution >= 0.6 is 11.6 Å². The van der Waals surface area contributed by atoms with E-state index in [0.717, 1.165) is 18.8 Å². The lowest BCUT2D eigenvalue weighted by atomic mass is 10.0. The van der Waals surface area contributed by atoms with Gasteiger partial charge in [0.1, 0.15) is 5.82 Å². The SMILES string of the molecule is CC(C)C1CCCN1Cc1nc(N)ccc1Cl. The fourth-order valence-electron chi connectivity index (χ4n) is 2.61. The summed E-state index contributed by atoms with van der Waals surface area (Å²) in [6.45, 7) is 6.50. The van der Waals surface area contributed by atoms with Gasteiger partial charge in [-0.05, 0) is 37.4 Å². The molecule has 1 aliphatic heterocycles. The minimum absolute atomic E-state index is 0.546. The Morgan fingerprint density at radius 2 is 2.29 bits per heavy atom. The van der Waals surface area contributed by atoms with Gasteiger partial charge in [-0.3, -0.25) is 4.90 Å². The van der Waals surface area contributed by atoms with Gasteiger partial charge in [0.05, 0.1) is 10.7 Å². The molecule has 4 heteroatoms. The summed E-state index contributed by atoms with van der Waals surface area (Å²) in [5, 5.41) is 0.716. The van der Waals surface area contributed by atoms with Crippen molar-refractivity contribution in [1.82, 2.24) is 9.88 Å². The van der Waals surface area contributed by atoms with Gasteiger partial charge < -0.3 is 5.73 Å². The van der Waals surface area contributed by atoms with E-state index in [0.29, 0.717) is 22.8 Å². The first-order valence-electron chi connectivity index (χ1n) is 6.23. The highest BCUT2D eigenvalue weighted by Gasteiger charge is 2.27. The standard InChI is InChI=1S/C13H20ClN3/c1-9(2)12-4-3-7-17(12)8-11-10(14)5-6-13(15)16-11/h5-6,9,12H,3-4,7-8H2,1-2H3,(H2,15,16). The number of hydrogen-bond donors (Lipinski definition) is 1. The number of likely N-dealkylation sites (tertiary alicyclic amines) is 1. The number of halogens is 1. The van der Waals surface area contributed by atoms with E-state index >= 15 is 0 Å². The summed E-state index contributed by atoms with van der Waals surface area (Å²) in [5.41, 5.74) is 6.61. The Balaban J connectivity index is 2.12. The monoisotopic (exact) mass is 253 g/mol. The first-order valence-corrected chi connectivity index (χ1v) is 6.60. The molecular formula is C13H20ClN3. The van der Waals surface area contributed by atoms with Crippen molar-refractivity contribution in [3.63, 3.8) is 0 Å². The Morgan fingerprint density at radius 3 is 3.00 bits per heavy atom. The fraction of sp³-hybridized carbons (Fsp3) is 0.615. The van der Waals surface area contributed by atoms with Crippen molar-refractivity contribution in [1.29, 1.82) is 0 Å². The maximum absolute atomic E-state index is 6.16. The Labute approximate surface area is 108 Å². The van der Waals surface area contributed by atoms with Crippen LogP contribution in [0.3, 0.4) is 0 Å². The first-order chi connectivity index (χ1) is 8.08. The summed E-state index contributed by atoms with van der Waals surface area (Å²) in [6.07, 6.45) is 2.54. The lowest BCUT2D eigenvalue weighted by Crippen LogP contribution is -2.33. The predicted octanol–water partition coefficient (Wildman–Crippen LogP) is 2.94. The van der Waals surface area contributed by atoms with E-state index in [9.17, 15) is 0 Å². The zero-order valence-electron chi connectivity index (χ0n) is 10.5. The van der Waals surface area contributed by atoms with Crippen LogP contribution in [0.5, 0.6) is 0 Å². The predicted molar refractivity (Wildman–Crippen MR) is 71.9 cm³/mol. The highest BCUT2D eigenvalue weighted by Crippen LogP contribution is 2.27. The Kier molecular flexibility index (Phi) is 3.89. The molecule has 0 spiro atoms. The van der Waals surface area contributed by atoms with Gasteiger partial charge in [0.25, 0.3) is 0 Å². The number of aromatic nitrogens is 1. The van der Waals surface area contributed by atoms with Crippen molar-refractivity contribution >= 4 is 17.4 Å². The van der Waals surface area contributed by atoms with E-state index in [2.05, 4.69) is 23.7 Å². The molecular weight excluding hydrogens is 234 g/mol. The summed E-state index contributed by atoms with van der Waals surface area (Å²) in [4.78, 5) is 6.80. The maximum atomic E-state index is 6.16. The zero-order valence-corrected chi connectivity index (χ0v) is 11.2. The largest absolute Gasteiger partial charge is 0.384 e. The quantitative estimate of drug-likeness (QED) is 0.901. The van der Waals surface area contributed by atoms with E-state index in [1.54, 1.807) is 6.07 Å². The van der Waals surface area contributed by atoms with Crippen LogP contribution in [0, 0.1) is 5.92 Å². The van der Waals surface area contributed by atoms with Gasteiger partial charge in [0.15, 0.2) is 0 Å². The van der Waals surface area contributed by atoms with E-state index in [-0.39, 0.29) is 0 Å². The summed E-state index contributed by atoms with van der Waals surface area (Å²) < 4.78 is 0. The van der Waals surface area contributed by atoms with Crippen LogP contribution in [0.25, 0.3) is 0 Å². The molecule has 2 N–H and O–H groups in total. The molecule has 1 aromatic heterocycles. The highest BCUT2D eigenvalue weighted by atomic mass is 35.5. The number of pyridine rings is 1. The van der Waals surface area contributed by atoms with E-state index in [4.69, 9.17) is 17.3 Å². The highest BCUT2D eigenvalue weighted by molar-refractivity contribution is 6.31. The first kappa shape index (κ1) is 12.7. The zero-order chi connectivity index (χ0) is 12.4. The molecule has 3 nitrogen and oxygen atoms in total. The summed E-state index contributed by atoms with van der Waals surface area (Å²) >= 11 is 6.16. The number of rotatable bonds is 3. The topological polar surface area (TPSA) is 42.2 Å². The number of nitrogens with two attached hydrogens (primary N) is 1. The van der Waals surface area contributed by atoms with Crippen LogP contribution in [0.2, 0.25) is 5.02 Å². The third kappa shape index (κ3) is 2.90. The van der Waals surface area contributed by atoms with Gasteiger partial charge in [-0.15, -0.1) is 0 Å². The van der Waals surface area contributed by atoms with Crippen LogP contribution in [0.1, 0.15) is 32.4 Å². The minimum Gasteiger partial charge on any atom is -0.384 e. The summed E-state index contributed by atoms with van der Waals surface area (Å²) in [5.74, 6) is 1.22. The second-order valence-electron chi connectivity index (χ2n) is 5.09. The molecule has 0 aromatic carbocycles. The van der Waals surface area contributed by atoms with Crippen LogP contribution in [-0.4, -0.2) is 22.5 Å². The van der Waals surface area contributed by atoms with Gasteiger partial charge in [-0.2, -0.15) is 0 Å². The minimum atomic E-state index is 0.546. The molecule has 17 heavy (non-hydrogen) atoms. The van der Waals surface area contributed by atoms with Crippen molar-refractivity contribution in [3.8, 4) is 0 Å². The normalized spacial score (nSPS) is 21.3. The summed E-state index contributed by atoms with van der Waals surface area (Å²) in [7, 11) is 0. The molecule has 0 radical (unpaired) electrons. The molecule has 94 valence electrons. The average Bonchev–Trinajstić information content (AvgIpc) is 2.71. The Morgan fingerprint density at radius 1 is 1.53 bits per heavy atom. The smallest absolute Gasteiger partial charge is 0.123 e. The number of nitrogens with zero attached hydrogens (tertiary/aromatic N) is 2. The molecule has 1 atom stereocenters. The summed E-state index contributed by atoms with van der Waals surface area (Å²) in [6, 6.07) is 4.23. The maximum Gasteiger partial charge on any atom is 0.123 e. The van der Waals surface area contributed by atoms with Crippen LogP contribution < -0.4 is 5.73 Å². The number of anilines is 1. The molecule has 0 bridgehead atoms. The second kappa shape index (κ2) is 5.23. The fourth-order valence-corrected chi connectivity index (χ4v) is 2.77. The van der Waals surface area contributed by atoms with Gasteiger partial charge in [-0.1, -0.05) is 25.4 Å². The lowest BCUT2D eigenvalue weighted by Gasteiger charge is -2.27. The average molecular weight is 254 g/mol. The van der Waals surface area contributed by atoms with Crippen LogP contribution in [-0.2, 0) is 6.54 Å². The number of hydrogen-bond acceptors (Lipinski definition) is 3. The molecule has 0 amide bonds. The van der Waals surface area contributed by atoms with Gasteiger partial charge in [0, 0.05) is 12.6 Å². The molecule has 1 saturated heterocycles. The molecule has 1 fully saturated rings. The Bertz CT molecular complexity index is 392. The van der Waals surface area contributed by atoms with E-state index in [1.165, 1.54) is 12.8 Å². The molecule has 1 aliphatic rings. The third-order valence-corrected chi connectivity index (χ3v) is 3.82. The lowest BCUT2D eigenvalue weighted by molar-refractivity contribution is 0.197. The van der Waals surface area contributed by atoms with Crippen molar-refractivity contribution in [2.24, 2.45) is 5.92 Å². The molecule has 2 heterocycles. The number of nitrogen functional groups attached to an aromatic ring is 1. The van der Waals surface area contributed by atoms with Gasteiger partial charge >= 0.3 is 0 Å². The second-order valence-corrected chi connectivity index (χ2v) is 5.50.